The van der Waals surface area contributed by atoms with Crippen LogP contribution in [0.3, 0.4) is 0 Å². The molecule has 0 rings (SSSR count). The fourth-order valence-corrected chi connectivity index (χ4v) is 6.51. The summed E-state index contributed by atoms with van der Waals surface area (Å²) in [7, 11) is 0. The highest BCUT2D eigenvalue weighted by atomic mass is 16.6. The van der Waals surface area contributed by atoms with Crippen molar-refractivity contribution in [3.05, 3.63) is 122 Å². The van der Waals surface area contributed by atoms with E-state index in [4.69, 9.17) is 14.2 Å². The number of carbonyl (C=O) groups excluding carboxylic acids is 3. The molecule has 1 atom stereocenters. The molecule has 0 heterocycles. The van der Waals surface area contributed by atoms with Gasteiger partial charge in [0.25, 0.3) is 0 Å². The van der Waals surface area contributed by atoms with E-state index in [0.717, 1.165) is 116 Å². The van der Waals surface area contributed by atoms with Gasteiger partial charge in [0, 0.05) is 19.3 Å². The van der Waals surface area contributed by atoms with Crippen molar-refractivity contribution < 1.29 is 28.6 Å². The molecule has 0 N–H and O–H groups in total. The molecule has 0 saturated heterocycles. The van der Waals surface area contributed by atoms with Crippen LogP contribution in [0.2, 0.25) is 0 Å². The van der Waals surface area contributed by atoms with E-state index in [1.807, 2.05) is 36.5 Å². The van der Waals surface area contributed by atoms with E-state index in [-0.39, 0.29) is 31.1 Å². The minimum Gasteiger partial charge on any atom is -0.462 e. The van der Waals surface area contributed by atoms with Gasteiger partial charge >= 0.3 is 17.9 Å². The third-order valence-electron chi connectivity index (χ3n) is 10.4. The van der Waals surface area contributed by atoms with Crippen LogP contribution >= 0.6 is 0 Å². The fourth-order valence-electron chi connectivity index (χ4n) is 6.51. The molecule has 0 spiro atoms. The largest absolute Gasteiger partial charge is 0.462 e. The van der Waals surface area contributed by atoms with Crippen molar-refractivity contribution in [2.45, 2.75) is 213 Å². The first-order valence-corrected chi connectivity index (χ1v) is 25.7. The zero-order chi connectivity index (χ0) is 46.5. The Morgan fingerprint density at radius 3 is 0.984 bits per heavy atom. The quantitative estimate of drug-likeness (QED) is 0.0262. The molecule has 6 nitrogen and oxygen atoms in total. The van der Waals surface area contributed by atoms with Gasteiger partial charge in [0.15, 0.2) is 6.10 Å². The minimum atomic E-state index is -0.813. The summed E-state index contributed by atoms with van der Waals surface area (Å²) in [5.41, 5.74) is 0. The van der Waals surface area contributed by atoms with Crippen molar-refractivity contribution >= 4 is 17.9 Å². The fraction of sp³-hybridized carbons (Fsp3) is 0.603. The second-order valence-corrected chi connectivity index (χ2v) is 16.6. The second kappa shape index (κ2) is 51.4. The maximum Gasteiger partial charge on any atom is 0.306 e. The molecule has 0 amide bonds. The Kier molecular flexibility index (Phi) is 48.1. The van der Waals surface area contributed by atoms with Crippen molar-refractivity contribution in [1.29, 1.82) is 0 Å². The maximum atomic E-state index is 12.8. The van der Waals surface area contributed by atoms with E-state index in [1.165, 1.54) is 51.4 Å². The minimum absolute atomic E-state index is 0.112. The topological polar surface area (TPSA) is 78.9 Å². The Bertz CT molecular complexity index is 1390. The molecule has 0 fully saturated rings. The number of ether oxygens (including phenoxy) is 3. The number of rotatable bonds is 44. The monoisotopic (exact) mass is 885 g/mol. The van der Waals surface area contributed by atoms with Gasteiger partial charge in [-0.2, -0.15) is 0 Å². The molecule has 0 aliphatic heterocycles. The zero-order valence-electron chi connectivity index (χ0n) is 41.0. The van der Waals surface area contributed by atoms with Crippen molar-refractivity contribution in [2.75, 3.05) is 13.2 Å². The molecular formula is C58H92O6. The van der Waals surface area contributed by atoms with Gasteiger partial charge in [0.1, 0.15) is 13.2 Å². The first-order valence-electron chi connectivity index (χ1n) is 25.7. The van der Waals surface area contributed by atoms with Gasteiger partial charge in [0.2, 0.25) is 0 Å². The van der Waals surface area contributed by atoms with Crippen LogP contribution in [0.1, 0.15) is 207 Å². The lowest BCUT2D eigenvalue weighted by Crippen LogP contribution is -2.30. The predicted octanol–water partition coefficient (Wildman–Crippen LogP) is 16.9. The summed E-state index contributed by atoms with van der Waals surface area (Å²) in [6, 6.07) is 0. The average molecular weight is 885 g/mol. The molecular weight excluding hydrogens is 793 g/mol. The SMILES string of the molecule is CC\C=C/C=C\C=C/C=C\CCCCCC(=O)OCC(COC(=O)CCCCCCC\C=C/C=C\C=C/C=C\CCCCC)OC(=O)CCCCCCCC/C=C\C=C/CCCCC. The van der Waals surface area contributed by atoms with Crippen molar-refractivity contribution in [3.63, 3.8) is 0 Å². The summed E-state index contributed by atoms with van der Waals surface area (Å²) >= 11 is 0. The Morgan fingerprint density at radius 1 is 0.328 bits per heavy atom. The first-order chi connectivity index (χ1) is 31.5. The number of esters is 3. The molecule has 0 saturated carbocycles. The lowest BCUT2D eigenvalue weighted by molar-refractivity contribution is -0.167. The van der Waals surface area contributed by atoms with Gasteiger partial charge in [-0.25, -0.2) is 0 Å². The molecule has 0 aliphatic carbocycles. The van der Waals surface area contributed by atoms with E-state index in [2.05, 4.69) is 106 Å². The van der Waals surface area contributed by atoms with Crippen LogP contribution in [0.25, 0.3) is 0 Å². The summed E-state index contributed by atoms with van der Waals surface area (Å²) < 4.78 is 16.7. The molecule has 0 aromatic heterocycles. The molecule has 64 heavy (non-hydrogen) atoms. The molecule has 1 unspecified atom stereocenters. The average Bonchev–Trinajstić information content (AvgIpc) is 3.29. The molecule has 0 aliphatic rings. The molecule has 0 radical (unpaired) electrons. The normalized spacial score (nSPS) is 13.1. The van der Waals surface area contributed by atoms with E-state index in [1.54, 1.807) is 0 Å². The van der Waals surface area contributed by atoms with Crippen LogP contribution in [0.5, 0.6) is 0 Å². The maximum absolute atomic E-state index is 12.8. The van der Waals surface area contributed by atoms with E-state index < -0.39 is 6.10 Å². The van der Waals surface area contributed by atoms with Crippen LogP contribution in [0.15, 0.2) is 122 Å². The molecule has 360 valence electrons. The summed E-state index contributed by atoms with van der Waals surface area (Å²) in [4.78, 5) is 38.0. The highest BCUT2D eigenvalue weighted by Crippen LogP contribution is 2.13. The Balaban J connectivity index is 4.53. The molecule has 0 bridgehead atoms. The summed E-state index contributed by atoms with van der Waals surface area (Å²) in [6.07, 6.45) is 70.3. The van der Waals surface area contributed by atoms with Gasteiger partial charge in [-0.05, 0) is 89.9 Å². The standard InChI is InChI=1S/C58H92O6/c1-4-7-10-13-16-19-22-25-27-28-29-31-33-36-39-42-45-48-51-57(60)63-54-55(53-62-56(59)50-47-44-41-38-35-32-24-21-18-15-12-9-6-3)64-58(61)52-49-46-43-40-37-34-30-26-23-20-17-14-11-8-5-2/h9,12,15-29,31-32,35,55H,4-8,10-11,13-14,30,33-34,36-54H2,1-3H3/b12-9-,18-15-,19-16-,20-17-,24-21-,25-22-,26-23-,28-27-,31-29-,35-32-. The smallest absolute Gasteiger partial charge is 0.306 e. The number of hydrogen-bond acceptors (Lipinski definition) is 6. The summed E-state index contributed by atoms with van der Waals surface area (Å²) in [5, 5.41) is 0. The first kappa shape index (κ1) is 59.8. The van der Waals surface area contributed by atoms with Crippen LogP contribution in [-0.4, -0.2) is 37.2 Å². The summed E-state index contributed by atoms with van der Waals surface area (Å²) in [6.45, 7) is 6.34. The van der Waals surface area contributed by atoms with Crippen molar-refractivity contribution in [3.8, 4) is 0 Å². The van der Waals surface area contributed by atoms with Crippen molar-refractivity contribution in [1.82, 2.24) is 0 Å². The molecule has 6 heteroatoms. The van der Waals surface area contributed by atoms with E-state index >= 15 is 0 Å². The third kappa shape index (κ3) is 48.8. The molecule has 0 aromatic rings. The van der Waals surface area contributed by atoms with Gasteiger partial charge in [-0.15, -0.1) is 0 Å². The van der Waals surface area contributed by atoms with Gasteiger partial charge in [0.05, 0.1) is 0 Å². The van der Waals surface area contributed by atoms with Gasteiger partial charge < -0.3 is 14.2 Å². The van der Waals surface area contributed by atoms with E-state index in [0.29, 0.717) is 19.3 Å². The van der Waals surface area contributed by atoms with Crippen LogP contribution in [0.4, 0.5) is 0 Å². The third-order valence-corrected chi connectivity index (χ3v) is 10.4. The van der Waals surface area contributed by atoms with Crippen molar-refractivity contribution in [2.24, 2.45) is 0 Å². The zero-order valence-corrected chi connectivity index (χ0v) is 41.0. The van der Waals surface area contributed by atoms with Gasteiger partial charge in [-0.3, -0.25) is 14.4 Å². The van der Waals surface area contributed by atoms with Crippen LogP contribution in [-0.2, 0) is 28.6 Å². The van der Waals surface area contributed by atoms with Gasteiger partial charge in [-0.1, -0.05) is 219 Å². The lowest BCUT2D eigenvalue weighted by Gasteiger charge is -2.18. The van der Waals surface area contributed by atoms with Crippen LogP contribution in [0, 0.1) is 0 Å². The highest BCUT2D eigenvalue weighted by Gasteiger charge is 2.19. The number of hydrogen-bond donors (Lipinski definition) is 0. The predicted molar refractivity (Wildman–Crippen MR) is 274 cm³/mol. The molecule has 0 aromatic carbocycles. The van der Waals surface area contributed by atoms with Crippen LogP contribution < -0.4 is 0 Å². The Hall–Kier alpha value is -4.19. The Labute approximate surface area is 392 Å². The second-order valence-electron chi connectivity index (χ2n) is 16.6. The number of allylic oxidation sites excluding steroid dienone is 20. The summed E-state index contributed by atoms with van der Waals surface area (Å²) in [5.74, 6) is -0.992. The van der Waals surface area contributed by atoms with E-state index in [9.17, 15) is 14.4 Å². The number of unbranched alkanes of at least 4 members (excludes halogenated alkanes) is 20. The highest BCUT2D eigenvalue weighted by molar-refractivity contribution is 5.71. The number of carbonyl (C=O) groups is 3. The Morgan fingerprint density at radius 2 is 0.609 bits per heavy atom. The lowest BCUT2D eigenvalue weighted by atomic mass is 10.1.